The molecule has 1 heterocycles. The smallest absolute Gasteiger partial charge is 0.227 e. The highest BCUT2D eigenvalue weighted by Gasteiger charge is 2.09. The molecule has 0 fully saturated rings. The first kappa shape index (κ1) is 14.5. The lowest BCUT2D eigenvalue weighted by atomic mass is 10.1. The van der Waals surface area contributed by atoms with E-state index in [-0.39, 0.29) is 0 Å². The number of rotatable bonds is 3. The van der Waals surface area contributed by atoms with E-state index in [9.17, 15) is 0 Å². The topological polar surface area (TPSA) is 26.0 Å². The predicted octanol–water partition coefficient (Wildman–Crippen LogP) is 5.97. The van der Waals surface area contributed by atoms with Gasteiger partial charge in [-0.25, -0.2) is 4.98 Å². The van der Waals surface area contributed by atoms with Crippen molar-refractivity contribution in [3.05, 3.63) is 89.5 Å². The van der Waals surface area contributed by atoms with Gasteiger partial charge in [0.15, 0.2) is 5.58 Å². The SMILES string of the molecule is Cc1cccc2oc(-c3ccc(C=Cc4ccccc4)cc3)nc12. The van der Waals surface area contributed by atoms with E-state index in [0.717, 1.165) is 27.8 Å². The normalized spacial score (nSPS) is 11.4. The van der Waals surface area contributed by atoms with Gasteiger partial charge in [-0.2, -0.15) is 0 Å². The number of hydrogen-bond acceptors (Lipinski definition) is 2. The Morgan fingerprint density at radius 1 is 0.750 bits per heavy atom. The maximum atomic E-state index is 5.87. The molecule has 0 saturated carbocycles. The number of aryl methyl sites for hydroxylation is 1. The first-order chi connectivity index (χ1) is 11.8. The summed E-state index contributed by atoms with van der Waals surface area (Å²) in [5.41, 5.74) is 6.22. The van der Waals surface area contributed by atoms with Gasteiger partial charge in [-0.1, -0.05) is 66.7 Å². The van der Waals surface area contributed by atoms with Gasteiger partial charge in [-0.3, -0.25) is 0 Å². The van der Waals surface area contributed by atoms with Gasteiger partial charge in [0.1, 0.15) is 5.52 Å². The number of hydrogen-bond donors (Lipinski definition) is 0. The standard InChI is InChI=1S/C22H17NO/c1-16-6-5-9-20-21(16)23-22(24-20)19-14-12-18(13-15-19)11-10-17-7-3-2-4-8-17/h2-15H,1H3. The highest BCUT2D eigenvalue weighted by Crippen LogP contribution is 2.26. The van der Waals surface area contributed by atoms with Gasteiger partial charge < -0.3 is 4.42 Å². The maximum absolute atomic E-state index is 5.87. The predicted molar refractivity (Wildman–Crippen MR) is 99.6 cm³/mol. The lowest BCUT2D eigenvalue weighted by molar-refractivity contribution is 0.620. The molecule has 0 unspecified atom stereocenters. The zero-order chi connectivity index (χ0) is 16.4. The maximum Gasteiger partial charge on any atom is 0.227 e. The molecule has 3 aromatic carbocycles. The summed E-state index contributed by atoms with van der Waals surface area (Å²) in [5.74, 6) is 0.665. The van der Waals surface area contributed by atoms with Crippen LogP contribution in [-0.2, 0) is 0 Å². The summed E-state index contributed by atoms with van der Waals surface area (Å²) in [4.78, 5) is 4.62. The average molecular weight is 311 g/mol. The van der Waals surface area contributed by atoms with Crippen LogP contribution < -0.4 is 0 Å². The molecule has 0 aliphatic heterocycles. The third-order valence-corrected chi connectivity index (χ3v) is 4.05. The molecule has 4 rings (SSSR count). The van der Waals surface area contributed by atoms with Gasteiger partial charge in [-0.05, 0) is 41.8 Å². The molecule has 116 valence electrons. The Balaban J connectivity index is 1.61. The molecule has 0 spiro atoms. The average Bonchev–Trinajstić information content (AvgIpc) is 3.07. The van der Waals surface area contributed by atoms with Crippen molar-refractivity contribution < 1.29 is 4.42 Å². The van der Waals surface area contributed by atoms with E-state index in [1.54, 1.807) is 0 Å². The molecule has 2 nitrogen and oxygen atoms in total. The van der Waals surface area contributed by atoms with Crippen molar-refractivity contribution in [1.82, 2.24) is 4.98 Å². The molecule has 24 heavy (non-hydrogen) atoms. The first-order valence-electron chi connectivity index (χ1n) is 7.99. The van der Waals surface area contributed by atoms with Crippen LogP contribution in [0.3, 0.4) is 0 Å². The van der Waals surface area contributed by atoms with Crippen LogP contribution in [-0.4, -0.2) is 4.98 Å². The molecule has 1 aromatic heterocycles. The fourth-order valence-electron chi connectivity index (χ4n) is 2.70. The number of oxazole rings is 1. The highest BCUT2D eigenvalue weighted by molar-refractivity contribution is 5.79. The van der Waals surface area contributed by atoms with E-state index in [4.69, 9.17) is 4.42 Å². The van der Waals surface area contributed by atoms with E-state index >= 15 is 0 Å². The molecule has 0 saturated heterocycles. The molecule has 0 aliphatic carbocycles. The van der Waals surface area contributed by atoms with Crippen LogP contribution in [0.1, 0.15) is 16.7 Å². The molecule has 0 aliphatic rings. The quantitative estimate of drug-likeness (QED) is 0.435. The van der Waals surface area contributed by atoms with Crippen LogP contribution in [0.15, 0.2) is 77.2 Å². The third-order valence-electron chi connectivity index (χ3n) is 4.05. The summed E-state index contributed by atoms with van der Waals surface area (Å²) in [6, 6.07) is 24.5. The van der Waals surface area contributed by atoms with Gasteiger partial charge in [0.2, 0.25) is 5.89 Å². The Morgan fingerprint density at radius 3 is 2.17 bits per heavy atom. The molecular formula is C22H17NO. The zero-order valence-electron chi connectivity index (χ0n) is 13.4. The summed E-state index contributed by atoms with van der Waals surface area (Å²) < 4.78 is 5.87. The van der Waals surface area contributed by atoms with Crippen LogP contribution in [0.4, 0.5) is 0 Å². The molecule has 0 amide bonds. The van der Waals surface area contributed by atoms with Crippen LogP contribution >= 0.6 is 0 Å². The highest BCUT2D eigenvalue weighted by atomic mass is 16.3. The number of aromatic nitrogens is 1. The monoisotopic (exact) mass is 311 g/mol. The van der Waals surface area contributed by atoms with E-state index in [1.807, 2.05) is 55.5 Å². The van der Waals surface area contributed by atoms with Crippen molar-refractivity contribution in [1.29, 1.82) is 0 Å². The Labute approximate surface area is 141 Å². The number of para-hydroxylation sites is 1. The van der Waals surface area contributed by atoms with Gasteiger partial charge >= 0.3 is 0 Å². The second-order valence-electron chi connectivity index (χ2n) is 5.81. The summed E-state index contributed by atoms with van der Waals surface area (Å²) in [6.45, 7) is 2.05. The minimum atomic E-state index is 0.665. The van der Waals surface area contributed by atoms with E-state index in [1.165, 1.54) is 5.56 Å². The van der Waals surface area contributed by atoms with Crippen molar-refractivity contribution in [2.75, 3.05) is 0 Å². The second-order valence-corrected chi connectivity index (χ2v) is 5.81. The van der Waals surface area contributed by atoms with Gasteiger partial charge in [0.05, 0.1) is 0 Å². The van der Waals surface area contributed by atoms with Gasteiger partial charge in [0, 0.05) is 5.56 Å². The van der Waals surface area contributed by atoms with Crippen LogP contribution in [0.5, 0.6) is 0 Å². The fourth-order valence-corrected chi connectivity index (χ4v) is 2.70. The summed E-state index contributed by atoms with van der Waals surface area (Å²) >= 11 is 0. The molecule has 4 aromatic rings. The minimum absolute atomic E-state index is 0.665. The van der Waals surface area contributed by atoms with Gasteiger partial charge in [-0.15, -0.1) is 0 Å². The minimum Gasteiger partial charge on any atom is -0.436 e. The lowest BCUT2D eigenvalue weighted by Gasteiger charge is -1.97. The van der Waals surface area contributed by atoms with Crippen molar-refractivity contribution in [3.63, 3.8) is 0 Å². The van der Waals surface area contributed by atoms with E-state index in [2.05, 4.69) is 41.4 Å². The lowest BCUT2D eigenvalue weighted by Crippen LogP contribution is -1.79. The first-order valence-corrected chi connectivity index (χ1v) is 7.99. The van der Waals surface area contributed by atoms with Crippen molar-refractivity contribution in [2.24, 2.45) is 0 Å². The van der Waals surface area contributed by atoms with E-state index < -0.39 is 0 Å². The van der Waals surface area contributed by atoms with Crippen LogP contribution in [0.25, 0.3) is 34.7 Å². The Hall–Kier alpha value is -3.13. The van der Waals surface area contributed by atoms with Crippen molar-refractivity contribution >= 4 is 23.3 Å². The van der Waals surface area contributed by atoms with E-state index in [0.29, 0.717) is 5.89 Å². The zero-order valence-corrected chi connectivity index (χ0v) is 13.4. The number of nitrogens with zero attached hydrogens (tertiary/aromatic N) is 1. The molecule has 0 atom stereocenters. The Kier molecular flexibility index (Phi) is 3.72. The number of benzene rings is 3. The molecular weight excluding hydrogens is 294 g/mol. The molecule has 0 N–H and O–H groups in total. The number of fused-ring (bicyclic) bond motifs is 1. The molecule has 2 heteroatoms. The summed E-state index contributed by atoms with van der Waals surface area (Å²) in [5, 5.41) is 0. The van der Waals surface area contributed by atoms with Crippen LogP contribution in [0, 0.1) is 6.92 Å². The largest absolute Gasteiger partial charge is 0.436 e. The van der Waals surface area contributed by atoms with Crippen molar-refractivity contribution in [2.45, 2.75) is 6.92 Å². The summed E-state index contributed by atoms with van der Waals surface area (Å²) in [6.07, 6.45) is 4.22. The van der Waals surface area contributed by atoms with Crippen molar-refractivity contribution in [3.8, 4) is 11.5 Å². The third kappa shape index (κ3) is 2.86. The Morgan fingerprint density at radius 2 is 1.46 bits per heavy atom. The van der Waals surface area contributed by atoms with Gasteiger partial charge in [0.25, 0.3) is 0 Å². The fraction of sp³-hybridized carbons (Fsp3) is 0.0455. The second kappa shape index (κ2) is 6.17. The molecule has 0 bridgehead atoms. The van der Waals surface area contributed by atoms with Crippen LogP contribution in [0.2, 0.25) is 0 Å². The summed E-state index contributed by atoms with van der Waals surface area (Å²) in [7, 11) is 0. The Bertz CT molecular complexity index is 995. The molecule has 0 radical (unpaired) electrons.